The van der Waals surface area contributed by atoms with Crippen LogP contribution in [-0.4, -0.2) is 36.0 Å². The molecule has 0 aliphatic heterocycles. The van der Waals surface area contributed by atoms with E-state index >= 15 is 0 Å². The van der Waals surface area contributed by atoms with Crippen molar-refractivity contribution in [2.24, 2.45) is 17.8 Å². The monoisotopic (exact) mass is 350 g/mol. The molecule has 1 aromatic rings. The Morgan fingerprint density at radius 2 is 1.48 bits per heavy atom. The molecule has 1 aromatic carbocycles. The van der Waals surface area contributed by atoms with Gasteiger partial charge in [-0.05, 0) is 26.0 Å². The maximum absolute atomic E-state index is 12.4. The third-order valence-electron chi connectivity index (χ3n) is 3.79. The van der Waals surface area contributed by atoms with Crippen LogP contribution < -0.4 is 5.32 Å². The van der Waals surface area contributed by atoms with E-state index < -0.39 is 40.5 Å². The van der Waals surface area contributed by atoms with Crippen LogP contribution >= 0.6 is 0 Å². The van der Waals surface area contributed by atoms with Gasteiger partial charge in [-0.2, -0.15) is 0 Å². The van der Waals surface area contributed by atoms with Crippen LogP contribution in [0.15, 0.2) is 24.3 Å². The van der Waals surface area contributed by atoms with Gasteiger partial charge in [-0.3, -0.25) is 24.5 Å². The predicted octanol–water partition coefficient (Wildman–Crippen LogP) is 1.52. The maximum atomic E-state index is 12.4. The van der Waals surface area contributed by atoms with Crippen LogP contribution in [0.5, 0.6) is 0 Å². The molecule has 1 saturated carbocycles. The normalized spacial score (nSPS) is 21.1. The van der Waals surface area contributed by atoms with Crippen molar-refractivity contribution < 1.29 is 28.8 Å². The molecule has 9 heteroatoms. The molecule has 0 radical (unpaired) electrons. The minimum absolute atomic E-state index is 0.113. The SMILES string of the molecule is CCOC(=O)[C@@H]1C(C(=O)Nc2ccc([N+](=O)[O-])cc2)[C@@H]1C(=O)OCC. The van der Waals surface area contributed by atoms with E-state index in [1.54, 1.807) is 13.8 Å². The molecular formula is C16H18N2O7. The fourth-order valence-corrected chi connectivity index (χ4v) is 2.59. The van der Waals surface area contributed by atoms with Gasteiger partial charge >= 0.3 is 11.9 Å². The number of nitro benzene ring substituents is 1. The van der Waals surface area contributed by atoms with Gasteiger partial charge in [0.05, 0.1) is 35.9 Å². The van der Waals surface area contributed by atoms with E-state index in [0.29, 0.717) is 5.69 Å². The van der Waals surface area contributed by atoms with E-state index in [1.807, 2.05) is 0 Å². The van der Waals surface area contributed by atoms with Gasteiger partial charge in [0, 0.05) is 17.8 Å². The van der Waals surface area contributed by atoms with Crippen molar-refractivity contribution in [3.8, 4) is 0 Å². The summed E-state index contributed by atoms with van der Waals surface area (Å²) in [7, 11) is 0. The highest BCUT2D eigenvalue weighted by Gasteiger charge is 2.64. The summed E-state index contributed by atoms with van der Waals surface area (Å²) in [5.74, 6) is -4.42. The highest BCUT2D eigenvalue weighted by Crippen LogP contribution is 2.48. The summed E-state index contributed by atoms with van der Waals surface area (Å²) >= 11 is 0. The quantitative estimate of drug-likeness (QED) is 0.449. The van der Waals surface area contributed by atoms with Gasteiger partial charge in [0.2, 0.25) is 5.91 Å². The molecule has 25 heavy (non-hydrogen) atoms. The Hall–Kier alpha value is -2.97. The number of amides is 1. The fraction of sp³-hybridized carbons (Fsp3) is 0.438. The summed E-state index contributed by atoms with van der Waals surface area (Å²) in [5.41, 5.74) is 0.214. The molecule has 0 heterocycles. The topological polar surface area (TPSA) is 125 Å². The lowest BCUT2D eigenvalue weighted by molar-refractivity contribution is -0.384. The van der Waals surface area contributed by atoms with Gasteiger partial charge in [0.1, 0.15) is 0 Å². The first-order valence-electron chi connectivity index (χ1n) is 7.79. The van der Waals surface area contributed by atoms with Crippen LogP contribution in [0.4, 0.5) is 11.4 Å². The zero-order chi connectivity index (χ0) is 18.6. The Morgan fingerprint density at radius 1 is 1.00 bits per heavy atom. The summed E-state index contributed by atoms with van der Waals surface area (Å²) in [4.78, 5) is 46.3. The number of esters is 2. The molecule has 134 valence electrons. The second-order valence-corrected chi connectivity index (χ2v) is 5.37. The highest BCUT2D eigenvalue weighted by atomic mass is 16.6. The molecule has 2 rings (SSSR count). The Labute approximate surface area is 143 Å². The molecule has 1 N–H and O–H groups in total. The van der Waals surface area contributed by atoms with Crippen LogP contribution in [0.25, 0.3) is 0 Å². The molecule has 9 nitrogen and oxygen atoms in total. The second-order valence-electron chi connectivity index (χ2n) is 5.37. The first-order valence-corrected chi connectivity index (χ1v) is 7.79. The second kappa shape index (κ2) is 7.73. The number of ether oxygens (including phenoxy) is 2. The van der Waals surface area contributed by atoms with Crippen LogP contribution in [0, 0.1) is 27.9 Å². The van der Waals surface area contributed by atoms with E-state index in [2.05, 4.69) is 5.32 Å². The summed E-state index contributed by atoms with van der Waals surface area (Å²) in [6.45, 7) is 3.54. The number of hydrogen-bond donors (Lipinski definition) is 1. The summed E-state index contributed by atoms with van der Waals surface area (Å²) < 4.78 is 9.79. The fourth-order valence-electron chi connectivity index (χ4n) is 2.59. The Bertz CT molecular complexity index is 662. The lowest BCUT2D eigenvalue weighted by atomic mass is 10.2. The van der Waals surface area contributed by atoms with Gasteiger partial charge in [0.15, 0.2) is 0 Å². The summed E-state index contributed by atoms with van der Waals surface area (Å²) in [6, 6.07) is 5.23. The number of nitrogens with zero attached hydrogens (tertiary/aromatic N) is 1. The molecular weight excluding hydrogens is 332 g/mol. The number of nitro groups is 1. The average Bonchev–Trinajstić information content (AvgIpc) is 3.31. The third kappa shape index (κ3) is 4.11. The van der Waals surface area contributed by atoms with Crippen LogP contribution in [-0.2, 0) is 23.9 Å². The molecule has 1 aliphatic carbocycles. The smallest absolute Gasteiger partial charge is 0.310 e. The van der Waals surface area contributed by atoms with Crippen LogP contribution in [0.2, 0.25) is 0 Å². The number of hydrogen-bond acceptors (Lipinski definition) is 7. The molecule has 0 spiro atoms. The lowest BCUT2D eigenvalue weighted by Crippen LogP contribution is -2.18. The third-order valence-corrected chi connectivity index (χ3v) is 3.79. The van der Waals surface area contributed by atoms with Gasteiger partial charge < -0.3 is 14.8 Å². The lowest BCUT2D eigenvalue weighted by Gasteiger charge is -2.04. The zero-order valence-electron chi connectivity index (χ0n) is 13.8. The van der Waals surface area contributed by atoms with Crippen molar-refractivity contribution in [3.63, 3.8) is 0 Å². The maximum Gasteiger partial charge on any atom is 0.310 e. The first kappa shape index (κ1) is 18.4. The number of nitrogens with one attached hydrogen (secondary N) is 1. The Kier molecular flexibility index (Phi) is 5.68. The first-order chi connectivity index (χ1) is 11.9. The van der Waals surface area contributed by atoms with E-state index in [1.165, 1.54) is 24.3 Å². The Balaban J connectivity index is 2.08. The number of non-ortho nitro benzene ring substituents is 1. The predicted molar refractivity (Wildman–Crippen MR) is 85.5 cm³/mol. The summed E-state index contributed by atoms with van der Waals surface area (Å²) in [6.07, 6.45) is 0. The molecule has 1 aliphatic rings. The number of rotatable bonds is 7. The van der Waals surface area contributed by atoms with Crippen molar-refractivity contribution in [2.45, 2.75) is 13.8 Å². The van der Waals surface area contributed by atoms with Gasteiger partial charge in [-0.25, -0.2) is 0 Å². The van der Waals surface area contributed by atoms with Crippen molar-refractivity contribution in [1.82, 2.24) is 0 Å². The van der Waals surface area contributed by atoms with E-state index in [9.17, 15) is 24.5 Å². The zero-order valence-corrected chi connectivity index (χ0v) is 13.8. The van der Waals surface area contributed by atoms with E-state index in [-0.39, 0.29) is 18.9 Å². The van der Waals surface area contributed by atoms with Crippen LogP contribution in [0.3, 0.4) is 0 Å². The molecule has 1 amide bonds. The van der Waals surface area contributed by atoms with Crippen molar-refractivity contribution in [2.75, 3.05) is 18.5 Å². The summed E-state index contributed by atoms with van der Waals surface area (Å²) in [5, 5.41) is 13.2. The molecule has 1 unspecified atom stereocenters. The van der Waals surface area contributed by atoms with Gasteiger partial charge in [0.25, 0.3) is 5.69 Å². The van der Waals surface area contributed by atoms with Crippen molar-refractivity contribution >= 4 is 29.2 Å². The van der Waals surface area contributed by atoms with Crippen LogP contribution in [0.1, 0.15) is 13.8 Å². The van der Waals surface area contributed by atoms with E-state index in [0.717, 1.165) is 0 Å². The molecule has 1 fully saturated rings. The molecule has 3 atom stereocenters. The largest absolute Gasteiger partial charge is 0.466 e. The number of carbonyl (C=O) groups excluding carboxylic acids is 3. The number of carbonyl (C=O) groups is 3. The number of anilines is 1. The van der Waals surface area contributed by atoms with E-state index in [4.69, 9.17) is 9.47 Å². The van der Waals surface area contributed by atoms with Gasteiger partial charge in [-0.15, -0.1) is 0 Å². The van der Waals surface area contributed by atoms with Crippen molar-refractivity contribution in [3.05, 3.63) is 34.4 Å². The molecule has 0 saturated heterocycles. The van der Waals surface area contributed by atoms with Gasteiger partial charge in [-0.1, -0.05) is 0 Å². The highest BCUT2D eigenvalue weighted by molar-refractivity contribution is 6.04. The minimum atomic E-state index is -0.881. The number of benzene rings is 1. The minimum Gasteiger partial charge on any atom is -0.466 e. The Morgan fingerprint density at radius 3 is 1.88 bits per heavy atom. The standard InChI is InChI=1S/C16H18N2O7/c1-3-24-15(20)12-11(13(12)16(21)25-4-2)14(19)17-9-5-7-10(8-6-9)18(22)23/h5-8,11-13H,3-4H2,1-2H3,(H,17,19)/t11?,12-,13+. The molecule has 0 aromatic heterocycles. The van der Waals surface area contributed by atoms with Crippen molar-refractivity contribution in [1.29, 1.82) is 0 Å². The molecule has 0 bridgehead atoms. The average molecular weight is 350 g/mol.